The number of hydrogen-bond donors (Lipinski definition) is 6. The first-order valence-corrected chi connectivity index (χ1v) is 22.2. The first kappa shape index (κ1) is 43.7. The van der Waals surface area contributed by atoms with Crippen LogP contribution >= 0.6 is 39.1 Å². The van der Waals surface area contributed by atoms with Crippen molar-refractivity contribution in [1.82, 2.24) is 39.0 Å². The van der Waals surface area contributed by atoms with Crippen molar-refractivity contribution in [2.75, 3.05) is 13.2 Å². The van der Waals surface area contributed by atoms with Crippen LogP contribution < -0.4 is 35.6 Å². The Balaban J connectivity index is 1.22. The largest absolute Gasteiger partial charge is 0.790 e. The average Bonchev–Trinajstić information content (AvgIpc) is 3.83. The van der Waals surface area contributed by atoms with E-state index in [1.807, 2.05) is 0 Å². The molecule has 4 aromatic rings. The van der Waals surface area contributed by atoms with E-state index in [1.165, 1.54) is 0 Å². The van der Waals surface area contributed by atoms with E-state index in [0.717, 1.165) is 34.4 Å². The number of aromatic amines is 2. The second kappa shape index (κ2) is 16.0. The molecule has 11 atom stereocenters. The monoisotopic (exact) mass is 913 g/mol. The minimum Gasteiger partial charge on any atom is -0.790 e. The van der Waals surface area contributed by atoms with Gasteiger partial charge >= 0.3 is 7.82 Å². The minimum absolute atomic E-state index is 0.161. The summed E-state index contributed by atoms with van der Waals surface area (Å²) in [5.74, 6) is 0. The third-order valence-electron chi connectivity index (χ3n) is 7.55. The average molecular weight is 913 g/mol. The van der Waals surface area contributed by atoms with Crippen molar-refractivity contribution in [1.29, 1.82) is 0 Å². The van der Waals surface area contributed by atoms with Gasteiger partial charge in [0, 0.05) is 0 Å². The molecule has 0 saturated carbocycles. The molecule has 0 bridgehead atoms. The van der Waals surface area contributed by atoms with E-state index in [9.17, 15) is 77.3 Å². The van der Waals surface area contributed by atoms with Crippen LogP contribution in [0.25, 0.3) is 22.3 Å². The maximum absolute atomic E-state index is 13.8. The molecule has 0 radical (unpaired) electrons. The quantitative estimate of drug-likeness (QED) is 0.0570. The molecule has 2 fully saturated rings. The number of nitrogens with one attached hydrogen (secondary N) is 2. The van der Waals surface area contributed by atoms with Crippen LogP contribution in [-0.2, 0) is 58.6 Å². The Hall–Kier alpha value is -2.83. The first-order chi connectivity index (χ1) is 26.4. The number of rotatable bonds is 16. The number of aliphatic hydroxyl groups excluding tert-OH is 4. The number of hydrogen-bond acceptors (Lipinski definition) is 28. The van der Waals surface area contributed by atoms with Crippen molar-refractivity contribution in [3.8, 4) is 0 Å². The smallest absolute Gasteiger partial charge is 0.481 e. The highest BCUT2D eigenvalue weighted by Gasteiger charge is 2.49. The van der Waals surface area contributed by atoms with Gasteiger partial charge in [0.15, 0.2) is 34.8 Å². The lowest BCUT2D eigenvalue weighted by molar-refractivity contribution is -0.339. The van der Waals surface area contributed by atoms with Gasteiger partial charge in [-0.25, -0.2) is 37.4 Å². The highest BCUT2D eigenvalue weighted by Crippen LogP contribution is 2.70. The van der Waals surface area contributed by atoms with Crippen molar-refractivity contribution in [3.05, 3.63) is 46.0 Å². The number of ether oxygens (including phenoxy) is 2. The first-order valence-electron chi connectivity index (χ1n) is 14.9. The third kappa shape index (κ3) is 9.80. The van der Waals surface area contributed by atoms with E-state index in [4.69, 9.17) is 18.5 Å². The summed E-state index contributed by atoms with van der Waals surface area (Å²) in [5, 5.41) is 42.7. The third-order valence-corrected chi connectivity index (χ3v) is 14.9. The van der Waals surface area contributed by atoms with Crippen molar-refractivity contribution >= 4 is 61.4 Å². The van der Waals surface area contributed by atoms with Crippen LogP contribution in [0.1, 0.15) is 12.5 Å². The summed E-state index contributed by atoms with van der Waals surface area (Å²) < 4.78 is 97.1. The fourth-order valence-corrected chi connectivity index (χ4v) is 11.4. The standard InChI is InChI=1S/C20H27N8O24P5/c29-11-7(47-19(13(11)31)27-5-25-9-15(27)21-3-23-17(9)33)1-45-57(44,52-56(42,43)51-55(40,41)50-54(38,39)49-53(35,36)37)46-2-8-12(30)14(32)20(48-8)28-6-26-10-16(28)22-4-24-18(10)34/h3-8,11-14,19-20,29-32H,1-2H2,(H,38,39)(H,40,41)(H,42,43)(H,21,23,33)(H,22,24,34)(H2,35,36,37)/p-5/t7-,8-,11?,12?,13?,14?,19-,20-,57?/m1/s1. The number of phosphoric ester groups is 1. The molecule has 0 spiro atoms. The minimum atomic E-state index is -6.90. The van der Waals surface area contributed by atoms with Gasteiger partial charge in [0.1, 0.15) is 36.6 Å². The van der Waals surface area contributed by atoms with Crippen LogP contribution in [0, 0.1) is 0 Å². The Bertz CT molecular complexity index is 2380. The predicted octanol–water partition coefficient (Wildman–Crippen LogP) is -6.07. The van der Waals surface area contributed by atoms with E-state index >= 15 is 0 Å². The normalized spacial score (nSPS) is 29.9. The topological polar surface area (TPSA) is 483 Å². The Morgan fingerprint density at radius 3 is 1.40 bits per heavy atom. The van der Waals surface area contributed by atoms with E-state index in [2.05, 4.69) is 47.1 Å². The second-order valence-corrected chi connectivity index (χ2v) is 19.0. The molecule has 37 heteroatoms. The van der Waals surface area contributed by atoms with Gasteiger partial charge in [-0.15, -0.1) is 0 Å². The van der Waals surface area contributed by atoms with Crippen LogP contribution in [0.5, 0.6) is 0 Å². The molecule has 6 heterocycles. The summed E-state index contributed by atoms with van der Waals surface area (Å²) in [4.78, 5) is 101. The highest BCUT2D eigenvalue weighted by molar-refractivity contribution is 7.70. The van der Waals surface area contributed by atoms with E-state index in [0.29, 0.717) is 0 Å². The van der Waals surface area contributed by atoms with Gasteiger partial charge in [0.2, 0.25) is 0 Å². The summed E-state index contributed by atoms with van der Waals surface area (Å²) >= 11 is 0. The van der Waals surface area contributed by atoms with Gasteiger partial charge in [-0.1, -0.05) is 0 Å². The zero-order chi connectivity index (χ0) is 41.9. The Labute approximate surface area is 312 Å². The lowest BCUT2D eigenvalue weighted by atomic mass is 10.1. The zero-order valence-electron chi connectivity index (χ0n) is 27.2. The Morgan fingerprint density at radius 1 is 0.614 bits per heavy atom. The molecule has 4 aromatic heterocycles. The molecule has 57 heavy (non-hydrogen) atoms. The lowest BCUT2D eigenvalue weighted by Crippen LogP contribution is -2.34. The van der Waals surface area contributed by atoms with Crippen molar-refractivity contribution in [2.45, 2.75) is 49.1 Å². The summed E-state index contributed by atoms with van der Waals surface area (Å²) in [6.45, 7) is -2.60. The fraction of sp³-hybridized carbons (Fsp3) is 0.500. The van der Waals surface area contributed by atoms with Gasteiger partial charge in [-0.2, -0.15) is 0 Å². The fourth-order valence-electron chi connectivity index (χ4n) is 5.24. The maximum atomic E-state index is 13.8. The van der Waals surface area contributed by atoms with Gasteiger partial charge in [-0.3, -0.25) is 45.8 Å². The van der Waals surface area contributed by atoms with Gasteiger partial charge < -0.3 is 68.9 Å². The molecule has 6 N–H and O–H groups in total. The number of imidazole rings is 2. The number of nitrogens with zero attached hydrogens (tertiary/aromatic N) is 6. The summed E-state index contributed by atoms with van der Waals surface area (Å²) in [6.07, 6.45) is -10.8. The summed E-state index contributed by atoms with van der Waals surface area (Å²) in [5.41, 5.74) is -2.20. The van der Waals surface area contributed by atoms with Crippen molar-refractivity contribution in [3.63, 3.8) is 0 Å². The molecule has 2 aliphatic heterocycles. The molecule has 2 aliphatic rings. The van der Waals surface area contributed by atoms with Gasteiger partial charge in [-0.05, 0) is 0 Å². The van der Waals surface area contributed by atoms with Crippen LogP contribution in [-0.4, -0.2) is 109 Å². The van der Waals surface area contributed by atoms with E-state index < -0.39 is 113 Å². The van der Waals surface area contributed by atoms with Gasteiger partial charge in [0.25, 0.3) is 34.6 Å². The molecular weight excluding hydrogens is 891 g/mol. The molecule has 0 aromatic carbocycles. The second-order valence-electron chi connectivity index (χ2n) is 11.4. The number of aromatic nitrogens is 8. The lowest BCUT2D eigenvalue weighted by Gasteiger charge is -2.38. The molecule has 6 rings (SSSR count). The van der Waals surface area contributed by atoms with Crippen molar-refractivity contribution < 1.29 is 103 Å². The Morgan fingerprint density at radius 2 is 1.00 bits per heavy atom. The van der Waals surface area contributed by atoms with Crippen LogP contribution in [0.2, 0.25) is 0 Å². The van der Waals surface area contributed by atoms with Crippen molar-refractivity contribution in [2.24, 2.45) is 0 Å². The van der Waals surface area contributed by atoms with Crippen LogP contribution in [0.4, 0.5) is 0 Å². The molecule has 0 aliphatic carbocycles. The summed E-state index contributed by atoms with van der Waals surface area (Å²) in [6, 6.07) is 0. The number of H-pyrrole nitrogens is 2. The van der Waals surface area contributed by atoms with E-state index in [-0.39, 0.29) is 22.3 Å². The number of phosphoric acid groups is 5. The molecule has 32 nitrogen and oxygen atoms in total. The van der Waals surface area contributed by atoms with Crippen LogP contribution in [0.15, 0.2) is 34.9 Å². The molecule has 316 valence electrons. The van der Waals surface area contributed by atoms with Crippen LogP contribution in [0.3, 0.4) is 0 Å². The van der Waals surface area contributed by atoms with Gasteiger partial charge in [0.05, 0.1) is 46.3 Å². The SMILES string of the molecule is O=c1[nH]cnc2c1ncn2[C@@H]1O[C@H](COP(=O)(OC[C@H]2O[C@@H](n3cnc4c(=O)[nH]cnc43)C(O)C2O)OP(=O)([O-])OP(=O)([O-])OP(=O)([O-])OP(=O)([O-])[O-])C(O)C1O. The zero-order valence-corrected chi connectivity index (χ0v) is 31.7. The van der Waals surface area contributed by atoms with E-state index in [1.54, 1.807) is 0 Å². The molecule has 0 amide bonds. The molecule has 2 saturated heterocycles. The maximum Gasteiger partial charge on any atom is 0.481 e. The molecule has 7 unspecified atom stereocenters. The number of aliphatic hydroxyl groups is 4. The number of fused-ring (bicyclic) bond motifs is 2. The predicted molar refractivity (Wildman–Crippen MR) is 162 cm³/mol. The molecular formula is C20H22N8O24P5-5. The summed E-state index contributed by atoms with van der Waals surface area (Å²) in [7, 11) is -33.0. The Kier molecular flexibility index (Phi) is 12.3. The highest BCUT2D eigenvalue weighted by atomic mass is 31.3.